The van der Waals surface area contributed by atoms with Crippen molar-refractivity contribution in [1.29, 1.82) is 0 Å². The van der Waals surface area contributed by atoms with E-state index < -0.39 is 144 Å². The summed E-state index contributed by atoms with van der Waals surface area (Å²) in [5.41, 5.74) is -13.4. The maximum absolute atomic E-state index is 15.4. The van der Waals surface area contributed by atoms with E-state index in [1.165, 1.54) is 114 Å². The lowest BCUT2D eigenvalue weighted by molar-refractivity contribution is 0.102. The van der Waals surface area contributed by atoms with Crippen molar-refractivity contribution in [1.82, 2.24) is 0 Å². The summed E-state index contributed by atoms with van der Waals surface area (Å²) < 4.78 is 294. The predicted octanol–water partition coefficient (Wildman–Crippen LogP) is 14.6. The van der Waals surface area contributed by atoms with E-state index in [4.69, 9.17) is 0 Å². The Kier molecular flexibility index (Phi) is 23.5. The highest BCUT2D eigenvalue weighted by atomic mass is 32.2. The van der Waals surface area contributed by atoms with Gasteiger partial charge in [-0.05, 0) is 36.6 Å². The van der Waals surface area contributed by atoms with Crippen molar-refractivity contribution in [3.8, 4) is 0 Å². The third kappa shape index (κ3) is 13.5. The fourth-order valence-electron chi connectivity index (χ4n) is 8.89. The van der Waals surface area contributed by atoms with Gasteiger partial charge in [0.25, 0.3) is 0 Å². The van der Waals surface area contributed by atoms with Crippen molar-refractivity contribution in [2.24, 2.45) is 0 Å². The van der Waals surface area contributed by atoms with Gasteiger partial charge in [0.2, 0.25) is 5.78 Å². The number of hydrogen-bond acceptors (Lipinski definition) is 1. The van der Waals surface area contributed by atoms with Crippen LogP contribution in [-0.2, 0) is 10.9 Å². The first-order valence-corrected chi connectivity index (χ1v) is 25.7. The second-order valence-electron chi connectivity index (χ2n) is 17.7. The molecule has 412 valence electrons. The fourth-order valence-corrected chi connectivity index (χ4v) is 11.1. The van der Waals surface area contributed by atoms with Crippen molar-refractivity contribution in [3.05, 3.63) is 152 Å². The Bertz CT molecular complexity index is 2370. The SMILES string of the molecule is CCCCCCCCCC[S+](CCCCCCCCCC)CC(=O)c1ccccc1.Fc1c(F)c(F)c([B-](c2c(F)c(F)c(F)c(F)c2F)(c2c(F)c(F)c(F)c(F)c2F)c2c(F)c(F)c(F)c(F)c2F)c(F)c1F. The Morgan fingerprint density at radius 1 is 0.320 bits per heavy atom. The van der Waals surface area contributed by atoms with Gasteiger partial charge in [-0.1, -0.05) is 121 Å². The zero-order valence-electron chi connectivity index (χ0n) is 40.3. The molecule has 0 spiro atoms. The van der Waals surface area contributed by atoms with Gasteiger partial charge in [-0.25, -0.2) is 87.8 Å². The van der Waals surface area contributed by atoms with Gasteiger partial charge in [0, 0.05) is 5.56 Å². The van der Waals surface area contributed by atoms with Gasteiger partial charge in [0.1, 0.15) is 64.2 Å². The van der Waals surface area contributed by atoms with E-state index in [-0.39, 0.29) is 10.9 Å². The highest BCUT2D eigenvalue weighted by Gasteiger charge is 2.52. The van der Waals surface area contributed by atoms with Crippen LogP contribution in [0, 0.1) is 116 Å². The van der Waals surface area contributed by atoms with E-state index in [0.717, 1.165) is 11.3 Å². The van der Waals surface area contributed by atoms with E-state index in [9.17, 15) is 57.5 Å². The molecule has 0 unspecified atom stereocenters. The molecule has 0 amide bonds. The lowest BCUT2D eigenvalue weighted by Gasteiger charge is -2.44. The maximum Gasteiger partial charge on any atom is 0.211 e. The zero-order valence-corrected chi connectivity index (χ0v) is 41.1. The highest BCUT2D eigenvalue weighted by Crippen LogP contribution is 2.31. The summed E-state index contributed by atoms with van der Waals surface area (Å²) in [6.07, 6.45) is 14.8. The average Bonchev–Trinajstić information content (AvgIpc) is 3.40. The standard InChI is InChI=1S/C28H49OS.C24BF20/c1-3-5-7-9-11-13-15-20-24-30(25-21-16-14-12-10-8-6-4-2)26-28(29)27-22-18-17-19-23-27;26-5-1(6(27)14(35)21(42)13(5)34)25(2-7(28)15(36)22(43)16(37)8(2)29,3-9(30)17(38)23(44)18(39)10(3)31)4-11(32)19(40)24(45)20(41)12(4)33/h17-19,22-23H,3-16,20-21,24-26H2,1-2H3;/q+1;-1. The molecule has 0 aliphatic rings. The molecule has 5 rings (SSSR count). The molecule has 0 radical (unpaired) electrons. The molecule has 0 aliphatic heterocycles. The third-order valence-corrected chi connectivity index (χ3v) is 15.1. The zero-order chi connectivity index (χ0) is 56.1. The average molecular weight is 1110 g/mol. The van der Waals surface area contributed by atoms with Crippen LogP contribution in [0.3, 0.4) is 0 Å². The molecule has 5 aromatic carbocycles. The van der Waals surface area contributed by atoms with E-state index in [1.54, 1.807) is 0 Å². The number of carbonyl (C=O) groups excluding carboxylic acids is 1. The number of halogens is 20. The molecule has 5 aromatic rings. The first-order chi connectivity index (χ1) is 35.5. The predicted molar refractivity (Wildman–Crippen MR) is 247 cm³/mol. The molecule has 0 atom stereocenters. The van der Waals surface area contributed by atoms with Crippen molar-refractivity contribution in [2.45, 2.75) is 117 Å². The minimum absolute atomic E-state index is 0.275. The molecule has 0 saturated carbocycles. The van der Waals surface area contributed by atoms with Crippen LogP contribution in [0.4, 0.5) is 87.8 Å². The first kappa shape index (κ1) is 62.3. The molecule has 1 nitrogen and oxygen atoms in total. The summed E-state index contributed by atoms with van der Waals surface area (Å²) in [5, 5.41) is 0. The van der Waals surface area contributed by atoms with Crippen LogP contribution >= 0.6 is 0 Å². The monoisotopic (exact) mass is 1110 g/mol. The smallest absolute Gasteiger partial charge is 0.211 e. The summed E-state index contributed by atoms with van der Waals surface area (Å²) in [4.78, 5) is 12.7. The summed E-state index contributed by atoms with van der Waals surface area (Å²) in [5.74, 6) is -67.7. The largest absolute Gasteiger partial charge is 0.289 e. The van der Waals surface area contributed by atoms with Gasteiger partial charge in [0.15, 0.2) is 75.6 Å². The first-order valence-electron chi connectivity index (χ1n) is 23.9. The minimum atomic E-state index is -7.22. The van der Waals surface area contributed by atoms with E-state index in [2.05, 4.69) is 13.8 Å². The normalized spacial score (nSPS) is 11.7. The van der Waals surface area contributed by atoms with Crippen LogP contribution in [0.2, 0.25) is 0 Å². The topological polar surface area (TPSA) is 17.1 Å². The van der Waals surface area contributed by atoms with Gasteiger partial charge in [-0.2, -0.15) is 0 Å². The molecule has 0 aromatic heterocycles. The molecule has 0 bridgehead atoms. The lowest BCUT2D eigenvalue weighted by Crippen LogP contribution is -2.81. The van der Waals surface area contributed by atoms with Gasteiger partial charge < -0.3 is 0 Å². The summed E-state index contributed by atoms with van der Waals surface area (Å²) in [7, 11) is 0.275. The van der Waals surface area contributed by atoms with Crippen LogP contribution < -0.4 is 21.9 Å². The van der Waals surface area contributed by atoms with Gasteiger partial charge in [0.05, 0.1) is 0 Å². The molecule has 75 heavy (non-hydrogen) atoms. The van der Waals surface area contributed by atoms with Crippen LogP contribution in [0.25, 0.3) is 0 Å². The Labute approximate surface area is 422 Å². The Morgan fingerprint density at radius 3 is 0.773 bits per heavy atom. The summed E-state index contributed by atoms with van der Waals surface area (Å²) in [6, 6.07) is 9.94. The number of ketones is 1. The number of Topliss-reactive ketones (excluding diaryl/α,β-unsaturated/α-hetero) is 1. The number of carbonyl (C=O) groups is 1. The van der Waals surface area contributed by atoms with Crippen molar-refractivity contribution in [3.63, 3.8) is 0 Å². The summed E-state index contributed by atoms with van der Waals surface area (Å²) >= 11 is 0. The second-order valence-corrected chi connectivity index (χ2v) is 20.0. The van der Waals surface area contributed by atoms with E-state index in [0.29, 0.717) is 5.78 Å². The van der Waals surface area contributed by atoms with Crippen LogP contribution in [0.5, 0.6) is 0 Å². The molecule has 23 heteroatoms. The lowest BCUT2D eigenvalue weighted by atomic mass is 9.12. The summed E-state index contributed by atoms with van der Waals surface area (Å²) in [6.45, 7) is 4.56. The van der Waals surface area contributed by atoms with Crippen LogP contribution in [-0.4, -0.2) is 29.2 Å². The molecule has 0 fully saturated rings. The maximum atomic E-state index is 15.4. The van der Waals surface area contributed by atoms with Gasteiger partial charge >= 0.3 is 0 Å². The van der Waals surface area contributed by atoms with Crippen molar-refractivity contribution >= 4 is 44.7 Å². The number of unbranched alkanes of at least 4 members (excludes halogenated alkanes) is 14. The molecule has 0 N–H and O–H groups in total. The van der Waals surface area contributed by atoms with Crippen LogP contribution in [0.1, 0.15) is 127 Å². The minimum Gasteiger partial charge on any atom is -0.289 e. The van der Waals surface area contributed by atoms with Gasteiger partial charge in [-0.15, -0.1) is 21.9 Å². The van der Waals surface area contributed by atoms with Gasteiger partial charge in [-0.3, -0.25) is 4.79 Å². The van der Waals surface area contributed by atoms with Crippen LogP contribution in [0.15, 0.2) is 30.3 Å². The van der Waals surface area contributed by atoms with E-state index >= 15 is 35.1 Å². The number of rotatable bonds is 25. The van der Waals surface area contributed by atoms with Crippen molar-refractivity contribution in [2.75, 3.05) is 17.3 Å². The van der Waals surface area contributed by atoms with E-state index in [1.807, 2.05) is 30.3 Å². The third-order valence-electron chi connectivity index (χ3n) is 12.7. The molecular weight excluding hydrogens is 1060 g/mol. The Morgan fingerprint density at radius 2 is 0.533 bits per heavy atom. The highest BCUT2D eigenvalue weighted by molar-refractivity contribution is 7.97. The molecule has 0 heterocycles. The number of benzene rings is 5. The fraction of sp³-hybridized carbons (Fsp3) is 0.404. The quantitative estimate of drug-likeness (QED) is 0.0108. The molecule has 0 aliphatic carbocycles. The molecular formula is C52H49BF20OS. The Hall–Kier alpha value is -5.22. The Balaban J connectivity index is 0.000000354. The second kappa shape index (κ2) is 28.2. The van der Waals surface area contributed by atoms with Crippen molar-refractivity contribution < 1.29 is 92.6 Å². The molecule has 0 saturated heterocycles. The number of hydrogen-bond donors (Lipinski definition) is 0.